The van der Waals surface area contributed by atoms with E-state index in [1.807, 2.05) is 30.3 Å². The summed E-state index contributed by atoms with van der Waals surface area (Å²) in [5.74, 6) is -0.0889. The summed E-state index contributed by atoms with van der Waals surface area (Å²) >= 11 is 1.16. The molecule has 1 N–H and O–H groups in total. The molecule has 8 nitrogen and oxygen atoms in total. The van der Waals surface area contributed by atoms with Crippen LogP contribution in [-0.2, 0) is 16.6 Å². The zero-order valence-corrected chi connectivity index (χ0v) is 18.4. The van der Waals surface area contributed by atoms with Crippen LogP contribution < -0.4 is 5.69 Å². The molecule has 0 amide bonds. The largest absolute Gasteiger partial charge is 0.344 e. The highest BCUT2D eigenvalue weighted by molar-refractivity contribution is 7.99. The molecule has 0 radical (unpaired) electrons. The van der Waals surface area contributed by atoms with Gasteiger partial charge < -0.3 is 0 Å². The van der Waals surface area contributed by atoms with Gasteiger partial charge in [-0.05, 0) is 30.5 Å². The van der Waals surface area contributed by atoms with E-state index in [2.05, 4.69) is 10.2 Å². The Hall–Kier alpha value is -2.69. The Balaban J connectivity index is 1.42. The lowest BCUT2D eigenvalue weighted by Crippen LogP contribution is -2.27. The zero-order valence-electron chi connectivity index (χ0n) is 16.7. The number of thioether (sulfide) groups is 1. The molecule has 4 rings (SSSR count). The van der Waals surface area contributed by atoms with Crippen molar-refractivity contribution >= 4 is 27.6 Å². The number of carbonyl (C=O) groups excluding carboxylic acids is 1. The van der Waals surface area contributed by atoms with Crippen LogP contribution in [0, 0.1) is 0 Å². The molecule has 3 aromatic rings. The molecule has 0 atom stereocenters. The quantitative estimate of drug-likeness (QED) is 0.410. The van der Waals surface area contributed by atoms with Crippen molar-refractivity contribution in [2.24, 2.45) is 0 Å². The fraction of sp³-hybridized carbons (Fsp3) is 0.286. The van der Waals surface area contributed by atoms with Gasteiger partial charge in [-0.1, -0.05) is 54.2 Å². The third-order valence-electron chi connectivity index (χ3n) is 5.12. The summed E-state index contributed by atoms with van der Waals surface area (Å²) in [6.45, 7) is 1.43. The number of hydrogen-bond acceptors (Lipinski definition) is 6. The average Bonchev–Trinajstić information content (AvgIpc) is 3.45. The molecule has 31 heavy (non-hydrogen) atoms. The van der Waals surface area contributed by atoms with Gasteiger partial charge in [0.15, 0.2) is 10.9 Å². The lowest BCUT2D eigenvalue weighted by atomic mass is 10.1. The Morgan fingerprint density at radius 2 is 1.71 bits per heavy atom. The number of hydrogen-bond donors (Lipinski definition) is 1. The van der Waals surface area contributed by atoms with E-state index in [1.54, 1.807) is 0 Å². The van der Waals surface area contributed by atoms with E-state index in [0.717, 1.165) is 30.2 Å². The summed E-state index contributed by atoms with van der Waals surface area (Å²) in [5.41, 5.74) is 1.03. The summed E-state index contributed by atoms with van der Waals surface area (Å²) in [6.07, 6.45) is 1.74. The van der Waals surface area contributed by atoms with E-state index in [4.69, 9.17) is 0 Å². The molecule has 162 valence electrons. The number of carbonyl (C=O) groups is 1. The third-order valence-corrected chi connectivity index (χ3v) is 8.01. The van der Waals surface area contributed by atoms with Gasteiger partial charge >= 0.3 is 5.69 Å². The second kappa shape index (κ2) is 9.21. The van der Waals surface area contributed by atoms with Gasteiger partial charge in [0, 0.05) is 18.7 Å². The van der Waals surface area contributed by atoms with Gasteiger partial charge in [0.05, 0.1) is 17.2 Å². The van der Waals surface area contributed by atoms with Crippen molar-refractivity contribution in [2.45, 2.75) is 29.4 Å². The third kappa shape index (κ3) is 4.81. The molecule has 0 saturated carbocycles. The van der Waals surface area contributed by atoms with Crippen LogP contribution in [0.25, 0.3) is 0 Å². The summed E-state index contributed by atoms with van der Waals surface area (Å²) in [5, 5.41) is 6.87. The average molecular weight is 459 g/mol. The molecule has 1 aromatic heterocycles. The molecule has 0 spiro atoms. The van der Waals surface area contributed by atoms with Crippen molar-refractivity contribution in [1.82, 2.24) is 19.1 Å². The van der Waals surface area contributed by atoms with Crippen LogP contribution in [0.1, 0.15) is 28.8 Å². The van der Waals surface area contributed by atoms with Gasteiger partial charge in [0.1, 0.15) is 0 Å². The van der Waals surface area contributed by atoms with Gasteiger partial charge in [-0.15, -0.1) is 5.10 Å². The van der Waals surface area contributed by atoms with Crippen molar-refractivity contribution < 1.29 is 13.2 Å². The van der Waals surface area contributed by atoms with E-state index in [0.29, 0.717) is 30.4 Å². The number of aromatic nitrogens is 3. The smallest absolute Gasteiger partial charge is 0.293 e. The number of aromatic amines is 1. The van der Waals surface area contributed by atoms with Crippen LogP contribution in [-0.4, -0.2) is 52.1 Å². The molecular weight excluding hydrogens is 436 g/mol. The number of rotatable bonds is 8. The molecule has 0 aliphatic carbocycles. The Kier molecular flexibility index (Phi) is 6.40. The molecular formula is C21H22N4O4S2. The van der Waals surface area contributed by atoms with Crippen LogP contribution >= 0.6 is 11.8 Å². The minimum Gasteiger partial charge on any atom is -0.293 e. The predicted molar refractivity (Wildman–Crippen MR) is 118 cm³/mol. The highest BCUT2D eigenvalue weighted by Crippen LogP contribution is 2.22. The number of ketones is 1. The predicted octanol–water partition coefficient (Wildman–Crippen LogP) is 2.38. The van der Waals surface area contributed by atoms with Crippen LogP contribution in [0.3, 0.4) is 0 Å². The maximum absolute atomic E-state index is 12.6. The Morgan fingerprint density at radius 3 is 2.39 bits per heavy atom. The fourth-order valence-electron chi connectivity index (χ4n) is 3.42. The van der Waals surface area contributed by atoms with Gasteiger partial charge in [0.2, 0.25) is 10.0 Å². The number of benzene rings is 2. The highest BCUT2D eigenvalue weighted by Gasteiger charge is 2.27. The van der Waals surface area contributed by atoms with Crippen LogP contribution in [0.2, 0.25) is 0 Å². The van der Waals surface area contributed by atoms with Crippen LogP contribution in [0.15, 0.2) is 69.4 Å². The van der Waals surface area contributed by atoms with Gasteiger partial charge in [-0.25, -0.2) is 18.3 Å². The Bertz CT molecular complexity index is 1210. The Morgan fingerprint density at radius 1 is 1.03 bits per heavy atom. The Labute approximate surface area is 184 Å². The topological polar surface area (TPSA) is 105 Å². The van der Waals surface area contributed by atoms with Crippen molar-refractivity contribution in [3.05, 3.63) is 76.2 Å². The first-order chi connectivity index (χ1) is 14.9. The lowest BCUT2D eigenvalue weighted by molar-refractivity contribution is 0.102. The fourth-order valence-corrected chi connectivity index (χ4v) is 5.78. The van der Waals surface area contributed by atoms with Crippen molar-refractivity contribution in [2.75, 3.05) is 18.8 Å². The first-order valence-corrected chi connectivity index (χ1v) is 12.3. The normalized spacial score (nSPS) is 14.7. The van der Waals surface area contributed by atoms with Crippen LogP contribution in [0.4, 0.5) is 0 Å². The lowest BCUT2D eigenvalue weighted by Gasteiger charge is -2.15. The second-order valence-corrected chi connectivity index (χ2v) is 10.1. The highest BCUT2D eigenvalue weighted by atomic mass is 32.2. The van der Waals surface area contributed by atoms with Crippen molar-refractivity contribution in [3.63, 3.8) is 0 Å². The monoisotopic (exact) mass is 458 g/mol. The van der Waals surface area contributed by atoms with Crippen molar-refractivity contribution in [3.8, 4) is 0 Å². The molecule has 10 heteroatoms. The molecule has 0 unspecified atom stereocenters. The molecule has 1 fully saturated rings. The molecule has 2 heterocycles. The number of Topliss-reactive ketones (excluding diaryl/α,β-unsaturated/α-hetero) is 1. The minimum absolute atomic E-state index is 0.0807. The standard InChI is InChI=1S/C21H22N4O4S2/c26-19(17-8-10-18(11-9-17)31(28,29)24-12-4-5-13-24)15-30-21-23-22-20(27)25(21)14-16-6-2-1-3-7-16/h1-3,6-11H,4-5,12-15H2,(H,22,27). The van der Waals surface area contributed by atoms with E-state index < -0.39 is 10.0 Å². The first-order valence-electron chi connectivity index (χ1n) is 9.90. The SMILES string of the molecule is O=C(CSc1n[nH]c(=O)n1Cc1ccccc1)c1ccc(S(=O)(=O)N2CCCC2)cc1. The summed E-state index contributed by atoms with van der Waals surface area (Å²) in [6, 6.07) is 15.5. The van der Waals surface area contributed by atoms with E-state index >= 15 is 0 Å². The summed E-state index contributed by atoms with van der Waals surface area (Å²) in [4.78, 5) is 24.9. The van der Waals surface area contributed by atoms with Crippen LogP contribution in [0.5, 0.6) is 0 Å². The zero-order chi connectivity index (χ0) is 21.8. The maximum Gasteiger partial charge on any atom is 0.344 e. The number of nitrogens with one attached hydrogen (secondary N) is 1. The van der Waals surface area contributed by atoms with Gasteiger partial charge in [-0.3, -0.25) is 9.36 Å². The van der Waals surface area contributed by atoms with E-state index in [9.17, 15) is 18.0 Å². The van der Waals surface area contributed by atoms with E-state index in [-0.39, 0.29) is 22.1 Å². The molecule has 2 aromatic carbocycles. The second-order valence-electron chi connectivity index (χ2n) is 7.23. The molecule has 1 saturated heterocycles. The molecule has 1 aliphatic rings. The van der Waals surface area contributed by atoms with Gasteiger partial charge in [-0.2, -0.15) is 4.31 Å². The number of nitrogens with zero attached hydrogens (tertiary/aromatic N) is 3. The summed E-state index contributed by atoms with van der Waals surface area (Å²) < 4.78 is 28.2. The molecule has 0 bridgehead atoms. The number of H-pyrrole nitrogens is 1. The van der Waals surface area contributed by atoms with Crippen molar-refractivity contribution in [1.29, 1.82) is 0 Å². The maximum atomic E-state index is 12.6. The molecule has 1 aliphatic heterocycles. The summed E-state index contributed by atoms with van der Waals surface area (Å²) in [7, 11) is -3.50. The number of sulfonamides is 1. The van der Waals surface area contributed by atoms with E-state index in [1.165, 1.54) is 33.1 Å². The van der Waals surface area contributed by atoms with Gasteiger partial charge in [0.25, 0.3) is 0 Å². The minimum atomic E-state index is -3.50. The first kappa shape index (κ1) is 21.5.